The van der Waals surface area contributed by atoms with Crippen LogP contribution in [0, 0.1) is 5.41 Å². The fourth-order valence-corrected chi connectivity index (χ4v) is 2.91. The lowest BCUT2D eigenvalue weighted by Gasteiger charge is -2.38. The predicted molar refractivity (Wildman–Crippen MR) is 103 cm³/mol. The maximum Gasteiger partial charge on any atom is 0.254 e. The van der Waals surface area contributed by atoms with E-state index in [4.69, 9.17) is 15.2 Å². The zero-order chi connectivity index (χ0) is 20.2. The summed E-state index contributed by atoms with van der Waals surface area (Å²) in [5.41, 5.74) is 10.8. The van der Waals surface area contributed by atoms with Crippen molar-refractivity contribution in [3.63, 3.8) is 0 Å². The maximum absolute atomic E-state index is 12.7. The molecule has 2 amide bonds. The SMILES string of the molecule is CC(C)(C)C(N)C(=O)N1CCN(C(=O)c2ccc3c(c2)OCO3)CC1.CN. The highest BCUT2D eigenvalue weighted by Gasteiger charge is 2.33. The van der Waals surface area contributed by atoms with Crippen LogP contribution in [0.4, 0.5) is 0 Å². The largest absolute Gasteiger partial charge is 0.454 e. The van der Waals surface area contributed by atoms with E-state index in [2.05, 4.69) is 5.73 Å². The van der Waals surface area contributed by atoms with Gasteiger partial charge >= 0.3 is 0 Å². The van der Waals surface area contributed by atoms with Crippen molar-refractivity contribution < 1.29 is 19.1 Å². The molecule has 1 aromatic carbocycles. The number of hydrogen-bond acceptors (Lipinski definition) is 6. The standard InChI is InChI=1S/C18H25N3O4.CH5N/c1-18(2,3)15(19)17(23)21-8-6-20(7-9-21)16(22)12-4-5-13-14(10-12)25-11-24-13;1-2/h4-5,10,15H,6-9,11,19H2,1-3H3;2H2,1H3. The van der Waals surface area contributed by atoms with Gasteiger partial charge in [-0.1, -0.05) is 20.8 Å². The van der Waals surface area contributed by atoms with Gasteiger partial charge in [-0.15, -0.1) is 0 Å². The summed E-state index contributed by atoms with van der Waals surface area (Å²) in [5, 5.41) is 0. The van der Waals surface area contributed by atoms with Crippen LogP contribution in [0.1, 0.15) is 31.1 Å². The van der Waals surface area contributed by atoms with E-state index in [-0.39, 0.29) is 24.0 Å². The monoisotopic (exact) mass is 378 g/mol. The molecule has 2 heterocycles. The number of nitrogens with zero attached hydrogens (tertiary/aromatic N) is 2. The van der Waals surface area contributed by atoms with Gasteiger partial charge in [-0.25, -0.2) is 0 Å². The van der Waals surface area contributed by atoms with Crippen molar-refractivity contribution in [1.82, 2.24) is 9.80 Å². The van der Waals surface area contributed by atoms with Crippen LogP contribution in [-0.2, 0) is 4.79 Å². The molecule has 1 fully saturated rings. The van der Waals surface area contributed by atoms with Crippen molar-refractivity contribution in [2.24, 2.45) is 16.9 Å². The summed E-state index contributed by atoms with van der Waals surface area (Å²) >= 11 is 0. The van der Waals surface area contributed by atoms with Crippen molar-refractivity contribution in [3.8, 4) is 11.5 Å². The van der Waals surface area contributed by atoms with Gasteiger partial charge in [-0.2, -0.15) is 0 Å². The van der Waals surface area contributed by atoms with E-state index >= 15 is 0 Å². The van der Waals surface area contributed by atoms with Gasteiger partial charge in [0.1, 0.15) is 0 Å². The van der Waals surface area contributed by atoms with Crippen molar-refractivity contribution in [2.75, 3.05) is 40.0 Å². The summed E-state index contributed by atoms with van der Waals surface area (Å²) in [7, 11) is 1.50. The first kappa shape index (κ1) is 21.0. The molecule has 3 rings (SSSR count). The quantitative estimate of drug-likeness (QED) is 0.782. The van der Waals surface area contributed by atoms with E-state index in [0.717, 1.165) is 0 Å². The van der Waals surface area contributed by atoms with Gasteiger partial charge in [0.15, 0.2) is 11.5 Å². The first-order chi connectivity index (χ1) is 12.8. The molecule has 0 saturated carbocycles. The average molecular weight is 378 g/mol. The topological polar surface area (TPSA) is 111 Å². The Morgan fingerprint density at radius 2 is 1.56 bits per heavy atom. The molecule has 0 bridgehead atoms. The van der Waals surface area contributed by atoms with Crippen LogP contribution in [0.2, 0.25) is 0 Å². The molecule has 1 aromatic rings. The third-order valence-electron chi connectivity index (χ3n) is 4.70. The Hall–Kier alpha value is -2.32. The Kier molecular flexibility index (Phi) is 6.67. The number of carbonyl (C=O) groups excluding carboxylic acids is 2. The fourth-order valence-electron chi connectivity index (χ4n) is 2.91. The van der Waals surface area contributed by atoms with Crippen molar-refractivity contribution in [1.29, 1.82) is 0 Å². The van der Waals surface area contributed by atoms with E-state index in [1.165, 1.54) is 7.05 Å². The van der Waals surface area contributed by atoms with E-state index in [0.29, 0.717) is 43.2 Å². The molecule has 0 spiro atoms. The number of ether oxygens (including phenoxy) is 2. The smallest absolute Gasteiger partial charge is 0.254 e. The van der Waals surface area contributed by atoms with Crippen LogP contribution in [0.25, 0.3) is 0 Å². The number of hydrogen-bond donors (Lipinski definition) is 2. The third kappa shape index (κ3) is 4.70. The molecular formula is C19H30N4O4. The number of rotatable bonds is 2. The Labute approximate surface area is 160 Å². The average Bonchev–Trinajstić information content (AvgIpc) is 3.15. The number of benzene rings is 1. The summed E-state index contributed by atoms with van der Waals surface area (Å²) in [4.78, 5) is 28.7. The molecule has 8 heteroatoms. The van der Waals surface area contributed by atoms with Gasteiger partial charge in [0.05, 0.1) is 6.04 Å². The molecule has 8 nitrogen and oxygen atoms in total. The van der Waals surface area contributed by atoms with E-state index in [9.17, 15) is 9.59 Å². The zero-order valence-electron chi connectivity index (χ0n) is 16.5. The molecule has 150 valence electrons. The van der Waals surface area contributed by atoms with Gasteiger partial charge in [-0.05, 0) is 30.7 Å². The second kappa shape index (κ2) is 8.58. The minimum atomic E-state index is -0.538. The number of fused-ring (bicyclic) bond motifs is 1. The molecule has 0 aliphatic carbocycles. The van der Waals surface area contributed by atoms with Crippen LogP contribution < -0.4 is 20.9 Å². The van der Waals surface area contributed by atoms with Crippen molar-refractivity contribution >= 4 is 11.8 Å². The lowest BCUT2D eigenvalue weighted by Crippen LogP contribution is -2.56. The van der Waals surface area contributed by atoms with Crippen LogP contribution in [-0.4, -0.2) is 67.7 Å². The second-order valence-electron chi connectivity index (χ2n) is 7.53. The summed E-state index contributed by atoms with van der Waals surface area (Å²) in [5.74, 6) is 1.13. The lowest BCUT2D eigenvalue weighted by molar-refractivity contribution is -0.136. The Balaban J connectivity index is 0.00000126. The number of amides is 2. The van der Waals surface area contributed by atoms with Gasteiger partial charge in [0.25, 0.3) is 5.91 Å². The fraction of sp³-hybridized carbons (Fsp3) is 0.579. The Morgan fingerprint density at radius 1 is 1.00 bits per heavy atom. The Morgan fingerprint density at radius 3 is 2.15 bits per heavy atom. The summed E-state index contributed by atoms with van der Waals surface area (Å²) in [6.07, 6.45) is 0. The maximum atomic E-state index is 12.7. The van der Waals surface area contributed by atoms with Crippen LogP contribution in [0.3, 0.4) is 0 Å². The molecule has 1 saturated heterocycles. The van der Waals surface area contributed by atoms with Crippen LogP contribution in [0.5, 0.6) is 11.5 Å². The Bertz CT molecular complexity index is 679. The molecular weight excluding hydrogens is 348 g/mol. The highest BCUT2D eigenvalue weighted by molar-refractivity contribution is 5.95. The van der Waals surface area contributed by atoms with Crippen molar-refractivity contribution in [2.45, 2.75) is 26.8 Å². The number of piperazine rings is 1. The summed E-state index contributed by atoms with van der Waals surface area (Å²) in [6.45, 7) is 8.03. The molecule has 1 atom stereocenters. The normalized spacial score (nSPS) is 17.1. The van der Waals surface area contributed by atoms with Gasteiger partial charge in [-0.3, -0.25) is 9.59 Å². The molecule has 2 aliphatic rings. The minimum Gasteiger partial charge on any atom is -0.454 e. The van der Waals surface area contributed by atoms with Gasteiger partial charge in [0.2, 0.25) is 12.7 Å². The van der Waals surface area contributed by atoms with Crippen LogP contribution >= 0.6 is 0 Å². The van der Waals surface area contributed by atoms with Crippen molar-refractivity contribution in [3.05, 3.63) is 23.8 Å². The van der Waals surface area contributed by atoms with E-state index < -0.39 is 6.04 Å². The first-order valence-corrected chi connectivity index (χ1v) is 9.08. The van der Waals surface area contributed by atoms with Gasteiger partial charge < -0.3 is 30.7 Å². The number of nitrogens with two attached hydrogens (primary N) is 2. The summed E-state index contributed by atoms with van der Waals surface area (Å²) in [6, 6.07) is 4.65. The molecule has 27 heavy (non-hydrogen) atoms. The minimum absolute atomic E-state index is 0.0531. The molecule has 0 radical (unpaired) electrons. The summed E-state index contributed by atoms with van der Waals surface area (Å²) < 4.78 is 10.6. The predicted octanol–water partition coefficient (Wildman–Crippen LogP) is 0.648. The first-order valence-electron chi connectivity index (χ1n) is 9.08. The molecule has 1 unspecified atom stereocenters. The van der Waals surface area contributed by atoms with E-state index in [1.54, 1.807) is 28.0 Å². The molecule has 2 aliphatic heterocycles. The number of carbonyl (C=O) groups is 2. The highest BCUT2D eigenvalue weighted by Crippen LogP contribution is 2.32. The molecule has 0 aromatic heterocycles. The van der Waals surface area contributed by atoms with Crippen LogP contribution in [0.15, 0.2) is 18.2 Å². The zero-order valence-corrected chi connectivity index (χ0v) is 16.5. The molecule has 4 N–H and O–H groups in total. The van der Waals surface area contributed by atoms with Gasteiger partial charge in [0, 0.05) is 31.7 Å². The van der Waals surface area contributed by atoms with E-state index in [1.807, 2.05) is 20.8 Å². The highest BCUT2D eigenvalue weighted by atomic mass is 16.7. The lowest BCUT2D eigenvalue weighted by atomic mass is 9.86. The second-order valence-corrected chi connectivity index (χ2v) is 7.53. The third-order valence-corrected chi connectivity index (χ3v) is 4.70.